The van der Waals surface area contributed by atoms with Crippen LogP contribution in [0, 0.1) is 11.6 Å². The molecule has 0 aliphatic rings. The standard InChI is InChI=1S/C10H10F2O4/c1-10(15,9(13)14)5-16-8-3-6(11)2-7(12)4-8/h2-4,15H,5H2,1H3,(H,13,14). The van der Waals surface area contributed by atoms with Crippen LogP contribution in [0.15, 0.2) is 18.2 Å². The minimum Gasteiger partial charge on any atom is -0.490 e. The summed E-state index contributed by atoms with van der Waals surface area (Å²) in [5.74, 6) is -3.35. The average molecular weight is 232 g/mol. The van der Waals surface area contributed by atoms with Gasteiger partial charge in [0.05, 0.1) is 0 Å². The number of aliphatic hydroxyl groups is 1. The molecule has 0 saturated carbocycles. The summed E-state index contributed by atoms with van der Waals surface area (Å²) in [6.45, 7) is 0.413. The lowest BCUT2D eigenvalue weighted by Crippen LogP contribution is -2.41. The zero-order chi connectivity index (χ0) is 12.3. The highest BCUT2D eigenvalue weighted by Gasteiger charge is 2.31. The molecular weight excluding hydrogens is 222 g/mol. The lowest BCUT2D eigenvalue weighted by molar-refractivity contribution is -0.159. The van der Waals surface area contributed by atoms with Gasteiger partial charge in [-0.1, -0.05) is 0 Å². The van der Waals surface area contributed by atoms with Crippen molar-refractivity contribution in [1.29, 1.82) is 0 Å². The van der Waals surface area contributed by atoms with E-state index in [4.69, 9.17) is 9.84 Å². The quantitative estimate of drug-likeness (QED) is 0.818. The third-order valence-electron chi connectivity index (χ3n) is 1.82. The van der Waals surface area contributed by atoms with Gasteiger partial charge in [-0.2, -0.15) is 0 Å². The number of benzene rings is 1. The van der Waals surface area contributed by atoms with Gasteiger partial charge in [-0.25, -0.2) is 13.6 Å². The van der Waals surface area contributed by atoms with Crippen LogP contribution in [-0.4, -0.2) is 28.4 Å². The van der Waals surface area contributed by atoms with Crippen LogP contribution in [0.25, 0.3) is 0 Å². The third kappa shape index (κ3) is 3.16. The molecule has 0 spiro atoms. The van der Waals surface area contributed by atoms with Gasteiger partial charge in [-0.15, -0.1) is 0 Å². The molecular formula is C10H10F2O4. The smallest absolute Gasteiger partial charge is 0.339 e. The molecule has 1 atom stereocenters. The van der Waals surface area contributed by atoms with Gasteiger partial charge in [0.2, 0.25) is 0 Å². The normalized spacial score (nSPS) is 14.2. The zero-order valence-electron chi connectivity index (χ0n) is 8.41. The van der Waals surface area contributed by atoms with Crippen molar-refractivity contribution in [2.24, 2.45) is 0 Å². The molecule has 0 aromatic heterocycles. The number of carboxylic acids is 1. The Hall–Kier alpha value is -1.69. The first-order chi connectivity index (χ1) is 7.31. The molecule has 1 unspecified atom stereocenters. The van der Waals surface area contributed by atoms with E-state index in [1.54, 1.807) is 0 Å². The Labute approximate surface area is 90.1 Å². The van der Waals surface area contributed by atoms with E-state index in [0.717, 1.165) is 19.1 Å². The largest absolute Gasteiger partial charge is 0.490 e. The minimum atomic E-state index is -2.11. The Balaban J connectivity index is 2.71. The van der Waals surface area contributed by atoms with Gasteiger partial charge in [-0.3, -0.25) is 0 Å². The van der Waals surface area contributed by atoms with Crippen molar-refractivity contribution in [2.75, 3.05) is 6.61 Å². The second kappa shape index (κ2) is 4.44. The maximum atomic E-state index is 12.7. The van der Waals surface area contributed by atoms with Crippen molar-refractivity contribution in [2.45, 2.75) is 12.5 Å². The lowest BCUT2D eigenvalue weighted by atomic mass is 10.1. The Kier molecular flexibility index (Phi) is 3.44. The molecule has 6 heteroatoms. The molecule has 0 amide bonds. The van der Waals surface area contributed by atoms with Crippen LogP contribution in [0.2, 0.25) is 0 Å². The van der Waals surface area contributed by atoms with Crippen LogP contribution in [-0.2, 0) is 4.79 Å². The van der Waals surface area contributed by atoms with Crippen LogP contribution in [0.5, 0.6) is 5.75 Å². The van der Waals surface area contributed by atoms with Gasteiger partial charge in [0, 0.05) is 18.2 Å². The highest BCUT2D eigenvalue weighted by molar-refractivity contribution is 5.76. The predicted octanol–water partition coefficient (Wildman–Crippen LogP) is 1.18. The second-order valence-electron chi connectivity index (χ2n) is 3.47. The Morgan fingerprint density at radius 1 is 1.38 bits per heavy atom. The summed E-state index contributed by atoms with van der Waals surface area (Å²) in [7, 11) is 0. The maximum Gasteiger partial charge on any atom is 0.339 e. The monoisotopic (exact) mass is 232 g/mol. The number of carboxylic acid groups (broad SMARTS) is 1. The molecule has 0 radical (unpaired) electrons. The first-order valence-electron chi connectivity index (χ1n) is 4.36. The minimum absolute atomic E-state index is 0.181. The maximum absolute atomic E-state index is 12.7. The van der Waals surface area contributed by atoms with E-state index in [-0.39, 0.29) is 5.75 Å². The van der Waals surface area contributed by atoms with E-state index in [0.29, 0.717) is 6.07 Å². The molecule has 0 heterocycles. The average Bonchev–Trinajstić information content (AvgIpc) is 2.13. The van der Waals surface area contributed by atoms with Crippen molar-refractivity contribution in [3.8, 4) is 5.75 Å². The number of aliphatic carboxylic acids is 1. The van der Waals surface area contributed by atoms with E-state index in [1.165, 1.54) is 0 Å². The van der Waals surface area contributed by atoms with Crippen LogP contribution in [0.1, 0.15) is 6.92 Å². The van der Waals surface area contributed by atoms with E-state index in [1.807, 2.05) is 0 Å². The predicted molar refractivity (Wildman–Crippen MR) is 50.1 cm³/mol. The van der Waals surface area contributed by atoms with Crippen molar-refractivity contribution in [3.63, 3.8) is 0 Å². The van der Waals surface area contributed by atoms with Crippen LogP contribution in [0.3, 0.4) is 0 Å². The van der Waals surface area contributed by atoms with Crippen molar-refractivity contribution in [3.05, 3.63) is 29.8 Å². The summed E-state index contributed by atoms with van der Waals surface area (Å²) in [5.41, 5.74) is -2.11. The summed E-state index contributed by atoms with van der Waals surface area (Å²) in [5, 5.41) is 17.8. The number of ether oxygens (including phenoxy) is 1. The van der Waals surface area contributed by atoms with Gasteiger partial charge in [0.25, 0.3) is 0 Å². The number of carbonyl (C=O) groups is 1. The summed E-state index contributed by atoms with van der Waals surface area (Å²) in [6.07, 6.45) is 0. The Bertz CT molecular complexity index is 384. The number of rotatable bonds is 4. The summed E-state index contributed by atoms with van der Waals surface area (Å²) >= 11 is 0. The SMILES string of the molecule is CC(O)(COc1cc(F)cc(F)c1)C(=O)O. The summed E-state index contributed by atoms with van der Waals surface area (Å²) in [4.78, 5) is 10.5. The lowest BCUT2D eigenvalue weighted by Gasteiger charge is -2.18. The Morgan fingerprint density at radius 3 is 2.31 bits per heavy atom. The highest BCUT2D eigenvalue weighted by Crippen LogP contribution is 2.17. The van der Waals surface area contributed by atoms with Crippen LogP contribution in [0.4, 0.5) is 8.78 Å². The van der Waals surface area contributed by atoms with Gasteiger partial charge in [-0.05, 0) is 6.92 Å². The van der Waals surface area contributed by atoms with E-state index < -0.39 is 29.8 Å². The van der Waals surface area contributed by atoms with Crippen LogP contribution < -0.4 is 4.74 Å². The number of hydrogen-bond acceptors (Lipinski definition) is 3. The molecule has 1 rings (SSSR count). The fraction of sp³-hybridized carbons (Fsp3) is 0.300. The molecule has 88 valence electrons. The molecule has 0 saturated heterocycles. The Morgan fingerprint density at radius 2 is 1.88 bits per heavy atom. The number of halogens is 2. The molecule has 0 fully saturated rings. The first-order valence-corrected chi connectivity index (χ1v) is 4.36. The van der Waals surface area contributed by atoms with Gasteiger partial charge in [0.1, 0.15) is 24.0 Å². The topological polar surface area (TPSA) is 66.8 Å². The van der Waals surface area contributed by atoms with Gasteiger partial charge >= 0.3 is 5.97 Å². The molecule has 16 heavy (non-hydrogen) atoms. The summed E-state index contributed by atoms with van der Waals surface area (Å²) in [6, 6.07) is 2.43. The van der Waals surface area contributed by atoms with Gasteiger partial charge < -0.3 is 14.9 Å². The van der Waals surface area contributed by atoms with E-state index >= 15 is 0 Å². The third-order valence-corrected chi connectivity index (χ3v) is 1.82. The fourth-order valence-corrected chi connectivity index (χ4v) is 0.897. The number of hydrogen-bond donors (Lipinski definition) is 2. The second-order valence-corrected chi connectivity index (χ2v) is 3.47. The molecule has 0 aliphatic heterocycles. The molecule has 1 aromatic carbocycles. The molecule has 0 aliphatic carbocycles. The molecule has 0 bridgehead atoms. The van der Waals surface area contributed by atoms with E-state index in [2.05, 4.69) is 0 Å². The van der Waals surface area contributed by atoms with Gasteiger partial charge in [0.15, 0.2) is 5.60 Å². The molecule has 2 N–H and O–H groups in total. The van der Waals surface area contributed by atoms with Crippen LogP contribution >= 0.6 is 0 Å². The molecule has 4 nitrogen and oxygen atoms in total. The van der Waals surface area contributed by atoms with Crippen molar-refractivity contribution >= 4 is 5.97 Å². The fourth-order valence-electron chi connectivity index (χ4n) is 0.897. The summed E-state index contributed by atoms with van der Waals surface area (Å²) < 4.78 is 30.2. The van der Waals surface area contributed by atoms with E-state index in [9.17, 15) is 18.7 Å². The first kappa shape index (κ1) is 12.4. The van der Waals surface area contributed by atoms with Crippen molar-refractivity contribution in [1.82, 2.24) is 0 Å². The molecule has 1 aromatic rings. The highest BCUT2D eigenvalue weighted by atomic mass is 19.1. The van der Waals surface area contributed by atoms with Crippen molar-refractivity contribution < 1.29 is 28.5 Å². The zero-order valence-corrected chi connectivity index (χ0v) is 8.41.